The molecule has 1 N–H and O–H groups in total. The Balaban J connectivity index is 0.000000147. The van der Waals surface area contributed by atoms with E-state index in [1.807, 2.05) is 97.2 Å². The van der Waals surface area contributed by atoms with E-state index in [0.29, 0.717) is 158 Å². The van der Waals surface area contributed by atoms with Gasteiger partial charge >= 0.3 is 0 Å². The number of sulfonamides is 1. The second-order valence-electron chi connectivity index (χ2n) is 38.3. The van der Waals surface area contributed by atoms with Crippen LogP contribution in [0.5, 0.6) is 23.0 Å². The van der Waals surface area contributed by atoms with Crippen LogP contribution in [0.1, 0.15) is 272 Å². The normalized spacial score (nSPS) is 22.7. The SMILES string of the molecule is CCOC1CC(c2ccc(F)cc2)OC2(CCN(C(=O)c3ccc(OC(C)C)c(C)c3)CC2)C1.CCOC1CC(c2ccc(F)cc2)OC2(CCN(C(=O)c3ccc(OC(C)C)c(F)c3)CC2)C1.CCOC1CC(c2ccc(F)cc2)OC2(CCN(C(=O)c3ccc(S(=O)(=O)NC4CC4)cc3)CC2)C1.CCOc1ccc(C(=O)N2CCC3(CC2)CC(OCC)CC(c2ccc(F)cc2)O3)cc1OC. The lowest BCUT2D eigenvalue weighted by Crippen LogP contribution is -2.52. The van der Waals surface area contributed by atoms with Crippen LogP contribution in [0.4, 0.5) is 22.0 Å². The highest BCUT2D eigenvalue weighted by Crippen LogP contribution is 2.50. The van der Waals surface area contributed by atoms with Crippen molar-refractivity contribution in [1.29, 1.82) is 0 Å². The molecular formula is C109H136F5N5O18S. The Morgan fingerprint density at radius 3 is 0.957 bits per heavy atom. The highest BCUT2D eigenvalue weighted by atomic mass is 32.2. The van der Waals surface area contributed by atoms with Gasteiger partial charge in [-0.2, -0.15) is 0 Å². The summed E-state index contributed by atoms with van der Waals surface area (Å²) >= 11 is 0. The molecule has 9 aliphatic rings. The topological polar surface area (TPSA) is 238 Å². The predicted molar refractivity (Wildman–Crippen MR) is 514 cm³/mol. The second-order valence-corrected chi connectivity index (χ2v) is 40.0. The Kier molecular flexibility index (Phi) is 35.5. The Hall–Kier alpha value is -9.92. The van der Waals surface area contributed by atoms with E-state index in [4.69, 9.17) is 56.8 Å². The zero-order chi connectivity index (χ0) is 98.1. The van der Waals surface area contributed by atoms with Gasteiger partial charge in [0.1, 0.15) is 29.0 Å². The molecule has 8 heterocycles. The molecule has 8 aromatic carbocycles. The van der Waals surface area contributed by atoms with Crippen LogP contribution in [0.15, 0.2) is 181 Å². The Morgan fingerprint density at radius 1 is 0.377 bits per heavy atom. The zero-order valence-corrected chi connectivity index (χ0v) is 82.3. The number of carbonyl (C=O) groups excluding carboxylic acids is 4. The first-order valence-corrected chi connectivity index (χ1v) is 50.8. The fourth-order valence-corrected chi connectivity index (χ4v) is 21.8. The largest absolute Gasteiger partial charge is 0.493 e. The van der Waals surface area contributed by atoms with Gasteiger partial charge < -0.3 is 76.4 Å². The summed E-state index contributed by atoms with van der Waals surface area (Å²) in [5, 5.41) is 0. The van der Waals surface area contributed by atoms with Crippen LogP contribution in [0, 0.1) is 36.0 Å². The van der Waals surface area contributed by atoms with Crippen LogP contribution in [0.25, 0.3) is 0 Å². The number of nitrogens with one attached hydrogen (secondary N) is 1. The number of hydrogen-bond donors (Lipinski definition) is 1. The van der Waals surface area contributed by atoms with Crippen LogP contribution in [-0.4, -0.2) is 209 Å². The summed E-state index contributed by atoms with van der Waals surface area (Å²) in [5.74, 6) is 0.257. The van der Waals surface area contributed by atoms with Crippen molar-refractivity contribution < 1.29 is 106 Å². The first-order valence-electron chi connectivity index (χ1n) is 49.3. The number of carbonyl (C=O) groups is 4. The molecule has 0 aromatic heterocycles. The number of nitrogens with zero attached hydrogens (tertiary/aromatic N) is 4. The quantitative estimate of drug-likeness (QED) is 0.0496. The van der Waals surface area contributed by atoms with Crippen molar-refractivity contribution in [3.8, 4) is 23.0 Å². The summed E-state index contributed by atoms with van der Waals surface area (Å²) in [5.41, 5.74) is 5.31. The minimum Gasteiger partial charge on any atom is -0.493 e. The van der Waals surface area contributed by atoms with Crippen LogP contribution in [-0.2, 0) is 47.9 Å². The fourth-order valence-electron chi connectivity index (χ4n) is 20.5. The second kappa shape index (κ2) is 47.1. The molecule has 746 valence electrons. The molecule has 8 atom stereocenters. The van der Waals surface area contributed by atoms with Gasteiger partial charge in [0.2, 0.25) is 10.0 Å². The molecule has 8 aliphatic heterocycles. The molecule has 29 heteroatoms. The Bertz CT molecular complexity index is 5290. The fraction of sp³-hybridized carbons (Fsp3) is 0.523. The maximum absolute atomic E-state index is 14.4. The smallest absolute Gasteiger partial charge is 0.253 e. The van der Waals surface area contributed by atoms with Gasteiger partial charge in [-0.3, -0.25) is 19.2 Å². The third kappa shape index (κ3) is 27.0. The molecule has 0 bridgehead atoms. The molecule has 17 rings (SSSR count). The van der Waals surface area contributed by atoms with Crippen molar-refractivity contribution in [2.75, 3.05) is 92.5 Å². The average Bonchev–Trinajstić information content (AvgIpc) is 1.18. The number of halogens is 5. The number of piperidine rings is 4. The van der Waals surface area contributed by atoms with E-state index in [9.17, 15) is 49.5 Å². The van der Waals surface area contributed by atoms with Crippen molar-refractivity contribution >= 4 is 33.7 Å². The highest BCUT2D eigenvalue weighted by Gasteiger charge is 2.51. The number of ether oxygens (including phenoxy) is 12. The summed E-state index contributed by atoms with van der Waals surface area (Å²) < 4.78 is 168. The monoisotopic (exact) mass is 1930 g/mol. The van der Waals surface area contributed by atoms with E-state index in [0.717, 1.165) is 111 Å². The van der Waals surface area contributed by atoms with Gasteiger partial charge in [0.05, 0.1) is 102 Å². The van der Waals surface area contributed by atoms with Crippen LogP contribution in [0.2, 0.25) is 0 Å². The molecule has 8 aromatic rings. The molecule has 23 nitrogen and oxygen atoms in total. The number of rotatable bonds is 26. The van der Waals surface area contributed by atoms with Gasteiger partial charge in [-0.05, 0) is 289 Å². The van der Waals surface area contributed by atoms with Crippen LogP contribution >= 0.6 is 0 Å². The van der Waals surface area contributed by atoms with Crippen LogP contribution in [0.3, 0.4) is 0 Å². The van der Waals surface area contributed by atoms with Gasteiger partial charge in [0.25, 0.3) is 23.6 Å². The lowest BCUT2D eigenvalue weighted by Gasteiger charge is -2.48. The van der Waals surface area contributed by atoms with Crippen molar-refractivity contribution in [3.05, 3.63) is 255 Å². The summed E-state index contributed by atoms with van der Waals surface area (Å²) in [6.07, 6.45) is 13.0. The summed E-state index contributed by atoms with van der Waals surface area (Å²) in [6, 6.07) is 47.5. The standard InChI is InChI=1S/C28H36FNO4.C27H33F2NO4.C27H33FN2O5S.C27H34FNO5/c1-5-32-24-17-26(21-6-9-23(29)10-7-21)34-28(18-24)12-14-30(15-13-28)27(31)22-8-11-25(20(4)16-22)33-19(2)3;1-4-32-22-16-25(19-5-8-21(28)9-6-19)34-27(17-22)11-13-30(14-12-27)26(31)20-7-10-24(23(29)15-20)33-18(2)3;1-2-34-23-17-25(19-3-7-21(28)8-4-19)35-27(18-23)13-15-30(16-14-27)26(31)20-5-11-24(12-6-20)36(32,33)29-22-9-10-22;1-4-32-22-17-24(19-6-9-21(28)10-7-19)34-27(18-22)12-14-29(15-13-27)26(30)20-8-11-23(33-5-2)25(16-20)31-3/h6-11,16,19,24,26H,5,12-15,17-18H2,1-4H3;5-10,15,18,22,25H,4,11-14,16-17H2,1-3H3;3-8,11-12,22-23,25,29H,2,9-10,13-18H2,1H3;6-11,16,22,24H,4-5,12-15,17-18H2,1-3H3. The van der Waals surface area contributed by atoms with Gasteiger partial charge in [-0.25, -0.2) is 35.1 Å². The maximum Gasteiger partial charge on any atom is 0.253 e. The third-order valence-corrected chi connectivity index (χ3v) is 29.2. The molecule has 4 amide bonds. The molecule has 138 heavy (non-hydrogen) atoms. The van der Waals surface area contributed by atoms with Crippen molar-refractivity contribution in [2.45, 2.75) is 279 Å². The number of benzene rings is 8. The molecule has 1 saturated carbocycles. The first kappa shape index (κ1) is 104. The van der Waals surface area contributed by atoms with Gasteiger partial charge in [-0.15, -0.1) is 0 Å². The average molecular weight is 1930 g/mol. The van der Waals surface area contributed by atoms with E-state index in [1.165, 1.54) is 72.8 Å². The van der Waals surface area contributed by atoms with Crippen molar-refractivity contribution in [1.82, 2.24) is 24.3 Å². The first-order chi connectivity index (χ1) is 66.3. The maximum atomic E-state index is 14.4. The van der Waals surface area contributed by atoms with E-state index >= 15 is 0 Å². The minimum absolute atomic E-state index is 0.0246. The number of hydrogen-bond acceptors (Lipinski definition) is 18. The van der Waals surface area contributed by atoms with Crippen molar-refractivity contribution in [2.24, 2.45) is 0 Å². The molecule has 1 aliphatic carbocycles. The van der Waals surface area contributed by atoms with Crippen molar-refractivity contribution in [3.63, 3.8) is 0 Å². The molecule has 4 spiro atoms. The van der Waals surface area contributed by atoms with E-state index in [2.05, 4.69) is 4.72 Å². The van der Waals surface area contributed by atoms with E-state index in [1.54, 1.807) is 102 Å². The number of amides is 4. The predicted octanol–water partition coefficient (Wildman–Crippen LogP) is 20.9. The molecule has 0 radical (unpaired) electrons. The zero-order valence-electron chi connectivity index (χ0n) is 81.4. The lowest BCUT2D eigenvalue weighted by molar-refractivity contribution is -0.191. The van der Waals surface area contributed by atoms with Gasteiger partial charge in [0, 0.05) is 158 Å². The number of methoxy groups -OCH3 is 1. The number of likely N-dealkylation sites (tertiary alicyclic amines) is 4. The van der Waals surface area contributed by atoms with E-state index < -0.39 is 27.0 Å². The molecule has 8 saturated heterocycles. The summed E-state index contributed by atoms with van der Waals surface area (Å²) in [4.78, 5) is 60.2. The number of aryl methyl sites for hydroxylation is 1. The minimum atomic E-state index is -3.55. The van der Waals surface area contributed by atoms with Gasteiger partial charge in [0.15, 0.2) is 23.1 Å². The lowest BCUT2D eigenvalue weighted by atomic mass is 9.80. The molecular weight excluding hydrogens is 1790 g/mol. The highest BCUT2D eigenvalue weighted by molar-refractivity contribution is 7.89. The van der Waals surface area contributed by atoms with E-state index in [-0.39, 0.29) is 136 Å². The van der Waals surface area contributed by atoms with Crippen LogP contribution < -0.4 is 23.7 Å². The summed E-state index contributed by atoms with van der Waals surface area (Å²) in [6.45, 7) is 27.1. The van der Waals surface area contributed by atoms with Gasteiger partial charge in [-0.1, -0.05) is 48.5 Å². The summed E-state index contributed by atoms with van der Waals surface area (Å²) in [7, 11) is -1.97. The Morgan fingerprint density at radius 2 is 0.667 bits per heavy atom. The molecule has 8 unspecified atom stereocenters. The molecule has 9 fully saturated rings. The Labute approximate surface area is 809 Å². The third-order valence-electron chi connectivity index (χ3n) is 27.6.